The molecule has 0 bridgehead atoms. The summed E-state index contributed by atoms with van der Waals surface area (Å²) in [5, 5.41) is 2.71. The van der Waals surface area contributed by atoms with Gasteiger partial charge in [-0.1, -0.05) is 97.1 Å². The Bertz CT molecular complexity index is 1480. The van der Waals surface area contributed by atoms with E-state index in [1.807, 2.05) is 48.5 Å². The van der Waals surface area contributed by atoms with E-state index in [0.29, 0.717) is 18.8 Å². The molecule has 0 atom stereocenters. The van der Waals surface area contributed by atoms with Crippen molar-refractivity contribution >= 4 is 23.5 Å². The van der Waals surface area contributed by atoms with E-state index in [2.05, 4.69) is 58.7 Å². The van der Waals surface area contributed by atoms with E-state index < -0.39 is 11.9 Å². The molecular weight excluding hydrogens is 542 g/mol. The highest BCUT2D eigenvalue weighted by Crippen LogP contribution is 2.30. The SMILES string of the molecule is COC(=O)c1cc(-c2ccccc2)ccc1NC(=O)COCC(=O)N1CCN(C(c2ccccc2)c2ccccc2)CC1. The highest BCUT2D eigenvalue weighted by molar-refractivity contribution is 6.02. The lowest BCUT2D eigenvalue weighted by molar-refractivity contribution is -0.139. The van der Waals surface area contributed by atoms with E-state index in [0.717, 1.165) is 24.2 Å². The zero-order chi connectivity index (χ0) is 30.0. The van der Waals surface area contributed by atoms with E-state index in [1.54, 1.807) is 17.0 Å². The number of carbonyl (C=O) groups excluding carboxylic acids is 3. The summed E-state index contributed by atoms with van der Waals surface area (Å²) in [5.74, 6) is -1.19. The van der Waals surface area contributed by atoms with Crippen LogP contribution in [0.4, 0.5) is 5.69 Å². The fourth-order valence-electron chi connectivity index (χ4n) is 5.37. The molecule has 1 saturated heterocycles. The summed E-state index contributed by atoms with van der Waals surface area (Å²) in [5.41, 5.74) is 4.73. The lowest BCUT2D eigenvalue weighted by atomic mass is 9.96. The molecule has 0 spiro atoms. The van der Waals surface area contributed by atoms with Crippen LogP contribution in [0.3, 0.4) is 0 Å². The first-order valence-corrected chi connectivity index (χ1v) is 14.3. The molecule has 1 aliphatic heterocycles. The molecule has 0 saturated carbocycles. The van der Waals surface area contributed by atoms with Crippen molar-refractivity contribution in [3.63, 3.8) is 0 Å². The van der Waals surface area contributed by atoms with Crippen LogP contribution in [0.15, 0.2) is 109 Å². The molecule has 4 aromatic rings. The van der Waals surface area contributed by atoms with Gasteiger partial charge in [-0.2, -0.15) is 0 Å². The van der Waals surface area contributed by atoms with Gasteiger partial charge in [-0.15, -0.1) is 0 Å². The zero-order valence-corrected chi connectivity index (χ0v) is 24.1. The first-order valence-electron chi connectivity index (χ1n) is 14.3. The molecule has 1 fully saturated rings. The van der Waals surface area contributed by atoms with E-state index >= 15 is 0 Å². The molecular formula is C35H35N3O5. The van der Waals surface area contributed by atoms with Crippen molar-refractivity contribution < 1.29 is 23.9 Å². The lowest BCUT2D eigenvalue weighted by Crippen LogP contribution is -2.50. The second kappa shape index (κ2) is 14.4. The van der Waals surface area contributed by atoms with Crippen LogP contribution in [0.2, 0.25) is 0 Å². The Hall–Kier alpha value is -4.79. The van der Waals surface area contributed by atoms with Gasteiger partial charge in [-0.05, 0) is 34.4 Å². The summed E-state index contributed by atoms with van der Waals surface area (Å²) in [6, 6.07) is 35.7. The number of hydrogen-bond donors (Lipinski definition) is 1. The fraction of sp³-hybridized carbons (Fsp3) is 0.229. The van der Waals surface area contributed by atoms with Crippen molar-refractivity contribution in [2.75, 3.05) is 51.8 Å². The minimum absolute atomic E-state index is 0.108. The zero-order valence-electron chi connectivity index (χ0n) is 24.1. The third-order valence-electron chi connectivity index (χ3n) is 7.53. The van der Waals surface area contributed by atoms with E-state index in [-0.39, 0.29) is 30.7 Å². The number of anilines is 1. The Morgan fingerprint density at radius 1 is 0.721 bits per heavy atom. The van der Waals surface area contributed by atoms with E-state index in [4.69, 9.17) is 9.47 Å². The number of nitrogens with zero attached hydrogens (tertiary/aromatic N) is 2. The Morgan fingerprint density at radius 2 is 1.30 bits per heavy atom. The van der Waals surface area contributed by atoms with Crippen molar-refractivity contribution in [2.45, 2.75) is 6.04 Å². The third kappa shape index (κ3) is 7.54. The normalized spacial score (nSPS) is 13.5. The first kappa shape index (κ1) is 29.7. The van der Waals surface area contributed by atoms with Crippen LogP contribution in [-0.2, 0) is 19.1 Å². The highest BCUT2D eigenvalue weighted by Gasteiger charge is 2.28. The molecule has 0 radical (unpaired) electrons. The van der Waals surface area contributed by atoms with E-state index in [1.165, 1.54) is 18.2 Å². The number of ether oxygens (including phenoxy) is 2. The Morgan fingerprint density at radius 3 is 1.88 bits per heavy atom. The van der Waals surface area contributed by atoms with Gasteiger partial charge < -0.3 is 19.7 Å². The Kier molecular flexibility index (Phi) is 9.94. The monoisotopic (exact) mass is 577 g/mol. The number of carbonyl (C=O) groups is 3. The predicted molar refractivity (Wildman–Crippen MR) is 166 cm³/mol. The molecule has 1 aliphatic rings. The van der Waals surface area contributed by atoms with Gasteiger partial charge in [0.05, 0.1) is 24.4 Å². The molecule has 5 rings (SSSR count). The molecule has 4 aromatic carbocycles. The number of hydrogen-bond acceptors (Lipinski definition) is 6. The van der Waals surface area contributed by atoms with Gasteiger partial charge in [0.25, 0.3) is 0 Å². The summed E-state index contributed by atoms with van der Waals surface area (Å²) in [6.45, 7) is 2.05. The number of amides is 2. The highest BCUT2D eigenvalue weighted by atomic mass is 16.5. The minimum atomic E-state index is -0.565. The maximum Gasteiger partial charge on any atom is 0.339 e. The largest absolute Gasteiger partial charge is 0.465 e. The molecule has 43 heavy (non-hydrogen) atoms. The fourth-order valence-corrected chi connectivity index (χ4v) is 5.37. The maximum atomic E-state index is 12.9. The summed E-state index contributed by atoms with van der Waals surface area (Å²) in [7, 11) is 1.29. The number of methoxy groups -OCH3 is 1. The summed E-state index contributed by atoms with van der Waals surface area (Å²) >= 11 is 0. The van der Waals surface area contributed by atoms with Crippen molar-refractivity contribution in [1.82, 2.24) is 9.80 Å². The molecule has 0 unspecified atom stereocenters. The number of nitrogens with one attached hydrogen (secondary N) is 1. The molecule has 1 heterocycles. The average Bonchev–Trinajstić information content (AvgIpc) is 3.06. The van der Waals surface area contributed by atoms with Crippen molar-refractivity contribution in [3.05, 3.63) is 126 Å². The van der Waals surface area contributed by atoms with Gasteiger partial charge in [-0.3, -0.25) is 14.5 Å². The van der Waals surface area contributed by atoms with Crippen LogP contribution in [0.25, 0.3) is 11.1 Å². The Balaban J connectivity index is 1.13. The average molecular weight is 578 g/mol. The van der Waals surface area contributed by atoms with Gasteiger partial charge in [0, 0.05) is 26.2 Å². The summed E-state index contributed by atoms with van der Waals surface area (Å²) in [6.07, 6.45) is 0. The number of benzene rings is 4. The van der Waals surface area contributed by atoms with E-state index in [9.17, 15) is 14.4 Å². The first-order chi connectivity index (χ1) is 21.0. The quantitative estimate of drug-likeness (QED) is 0.266. The second-order valence-corrected chi connectivity index (χ2v) is 10.3. The lowest BCUT2D eigenvalue weighted by Gasteiger charge is -2.39. The molecule has 8 heteroatoms. The van der Waals surface area contributed by atoms with Crippen molar-refractivity contribution in [2.24, 2.45) is 0 Å². The van der Waals surface area contributed by atoms with Gasteiger partial charge in [0.2, 0.25) is 11.8 Å². The maximum absolute atomic E-state index is 12.9. The third-order valence-corrected chi connectivity index (χ3v) is 7.53. The standard InChI is InChI=1S/C35H35N3O5/c1-42-35(41)30-23-29(26-11-5-2-6-12-26)17-18-31(30)36-32(39)24-43-25-33(40)37-19-21-38(22-20-37)34(27-13-7-3-8-14-27)28-15-9-4-10-16-28/h2-18,23,34H,19-22,24-25H2,1H3,(H,36,39). The molecule has 1 N–H and O–H groups in total. The van der Waals surface area contributed by atoms with Crippen molar-refractivity contribution in [3.8, 4) is 11.1 Å². The van der Waals surface area contributed by atoms with Crippen molar-refractivity contribution in [1.29, 1.82) is 0 Å². The van der Waals surface area contributed by atoms with Crippen LogP contribution < -0.4 is 5.32 Å². The number of esters is 1. The summed E-state index contributed by atoms with van der Waals surface area (Å²) < 4.78 is 10.4. The Labute approximate surface area is 251 Å². The van der Waals surface area contributed by atoms with Crippen LogP contribution in [0, 0.1) is 0 Å². The molecule has 0 aliphatic carbocycles. The summed E-state index contributed by atoms with van der Waals surface area (Å²) in [4.78, 5) is 42.2. The van der Waals surface area contributed by atoms with Crippen LogP contribution in [-0.4, -0.2) is 74.1 Å². The molecule has 0 aromatic heterocycles. The minimum Gasteiger partial charge on any atom is -0.465 e. The second-order valence-electron chi connectivity index (χ2n) is 10.3. The van der Waals surface area contributed by atoms with Crippen LogP contribution in [0.1, 0.15) is 27.5 Å². The predicted octanol–water partition coefficient (Wildman–Crippen LogP) is 5.03. The number of rotatable bonds is 10. The smallest absolute Gasteiger partial charge is 0.339 e. The topological polar surface area (TPSA) is 88.2 Å². The number of piperazine rings is 1. The molecule has 2 amide bonds. The van der Waals surface area contributed by atoms with Crippen LogP contribution >= 0.6 is 0 Å². The van der Waals surface area contributed by atoms with Gasteiger partial charge in [-0.25, -0.2) is 4.79 Å². The van der Waals surface area contributed by atoms with Gasteiger partial charge >= 0.3 is 5.97 Å². The van der Waals surface area contributed by atoms with Crippen LogP contribution in [0.5, 0.6) is 0 Å². The molecule has 8 nitrogen and oxygen atoms in total. The molecule has 220 valence electrons. The van der Waals surface area contributed by atoms with Gasteiger partial charge in [0.1, 0.15) is 13.2 Å². The van der Waals surface area contributed by atoms with Gasteiger partial charge in [0.15, 0.2) is 0 Å².